The minimum Gasteiger partial charge on any atom is -0.438 e. The van der Waals surface area contributed by atoms with Gasteiger partial charge < -0.3 is 15.4 Å². The zero-order valence-corrected chi connectivity index (χ0v) is 21.1. The van der Waals surface area contributed by atoms with E-state index in [2.05, 4.69) is 24.5 Å². The third kappa shape index (κ3) is 6.53. The van der Waals surface area contributed by atoms with Gasteiger partial charge in [0, 0.05) is 17.8 Å². The van der Waals surface area contributed by atoms with E-state index >= 15 is 0 Å². The smallest absolute Gasteiger partial charge is 0.411 e. The van der Waals surface area contributed by atoms with Crippen molar-refractivity contribution in [2.24, 2.45) is 5.92 Å². The Labute approximate surface area is 219 Å². The van der Waals surface area contributed by atoms with Gasteiger partial charge in [0.15, 0.2) is 12.1 Å². The van der Waals surface area contributed by atoms with E-state index in [-0.39, 0.29) is 12.5 Å². The van der Waals surface area contributed by atoms with Gasteiger partial charge in [-0.15, -0.1) is 0 Å². The Bertz CT molecular complexity index is 1280. The molecule has 198 valence electrons. The monoisotopic (exact) mass is 521 g/mol. The second-order valence-corrected chi connectivity index (χ2v) is 9.56. The number of cyclic esters (lactones) is 1. The zero-order valence-electron chi connectivity index (χ0n) is 21.1. The van der Waals surface area contributed by atoms with Crippen LogP contribution in [0.25, 0.3) is 0 Å². The van der Waals surface area contributed by atoms with Crippen molar-refractivity contribution in [3.63, 3.8) is 0 Å². The first kappa shape index (κ1) is 26.8. The molecule has 38 heavy (non-hydrogen) atoms. The number of carbonyl (C=O) groups is 3. The lowest BCUT2D eigenvalue weighted by atomic mass is 10.00. The zero-order chi connectivity index (χ0) is 27.2. The molecule has 4 rings (SSSR count). The summed E-state index contributed by atoms with van der Waals surface area (Å²) in [5.74, 6) is -1.20. The largest absolute Gasteiger partial charge is 0.438 e. The maximum absolute atomic E-state index is 13.4. The molecule has 0 unspecified atom stereocenters. The molecule has 9 heteroatoms. The van der Waals surface area contributed by atoms with E-state index in [1.54, 1.807) is 36.4 Å². The molecule has 0 radical (unpaired) electrons. The van der Waals surface area contributed by atoms with Crippen molar-refractivity contribution in [2.75, 3.05) is 11.9 Å². The molecule has 0 bridgehead atoms. The number of carbonyl (C=O) groups excluding carboxylic acids is 3. The van der Waals surface area contributed by atoms with Crippen LogP contribution in [0.15, 0.2) is 72.8 Å². The quantitative estimate of drug-likeness (QED) is 0.393. The van der Waals surface area contributed by atoms with Gasteiger partial charge in [0.1, 0.15) is 11.6 Å². The minimum atomic E-state index is -0.945. The number of hydrogen-bond donors (Lipinski definition) is 2. The van der Waals surface area contributed by atoms with E-state index in [0.29, 0.717) is 34.8 Å². The van der Waals surface area contributed by atoms with E-state index in [1.807, 2.05) is 0 Å². The molecule has 0 saturated carbocycles. The molecular weight excluding hydrogens is 492 g/mol. The summed E-state index contributed by atoms with van der Waals surface area (Å²) in [5, 5.41) is 5.64. The number of ether oxygens (including phenoxy) is 1. The van der Waals surface area contributed by atoms with E-state index in [0.717, 1.165) is 6.42 Å². The Morgan fingerprint density at radius 3 is 2.13 bits per heavy atom. The summed E-state index contributed by atoms with van der Waals surface area (Å²) < 4.78 is 32.2. The summed E-state index contributed by atoms with van der Waals surface area (Å²) in [7, 11) is 0. The molecular formula is C29H29F2N3O4. The fourth-order valence-electron chi connectivity index (χ4n) is 4.15. The molecule has 7 nitrogen and oxygen atoms in total. The molecule has 3 aromatic carbocycles. The molecule has 1 fully saturated rings. The van der Waals surface area contributed by atoms with Crippen molar-refractivity contribution >= 4 is 23.6 Å². The number of rotatable bonds is 9. The van der Waals surface area contributed by atoms with E-state index in [9.17, 15) is 23.2 Å². The van der Waals surface area contributed by atoms with Gasteiger partial charge in [-0.05, 0) is 72.0 Å². The number of anilines is 1. The number of nitrogens with zero attached hydrogens (tertiary/aromatic N) is 1. The summed E-state index contributed by atoms with van der Waals surface area (Å²) in [6.45, 7) is 4.62. The molecule has 0 spiro atoms. The summed E-state index contributed by atoms with van der Waals surface area (Å²) in [4.78, 5) is 40.0. The van der Waals surface area contributed by atoms with E-state index in [1.165, 1.54) is 41.3 Å². The lowest BCUT2D eigenvalue weighted by Gasteiger charge is -2.24. The average Bonchev–Trinajstić information content (AvgIpc) is 3.21. The summed E-state index contributed by atoms with van der Waals surface area (Å²) in [6.07, 6.45) is -0.765. The minimum absolute atomic E-state index is 0.0731. The first-order valence-corrected chi connectivity index (χ1v) is 12.4. The second-order valence-electron chi connectivity index (χ2n) is 9.56. The molecule has 1 aliphatic rings. The van der Waals surface area contributed by atoms with Crippen LogP contribution in [0, 0.1) is 17.6 Å². The summed E-state index contributed by atoms with van der Waals surface area (Å²) >= 11 is 0. The first-order chi connectivity index (χ1) is 18.2. The number of nitrogens with one attached hydrogen (secondary N) is 2. The van der Waals surface area contributed by atoms with Crippen molar-refractivity contribution in [1.29, 1.82) is 0 Å². The Morgan fingerprint density at radius 2 is 1.53 bits per heavy atom. The summed E-state index contributed by atoms with van der Waals surface area (Å²) in [5.41, 5.74) is 2.01. The maximum atomic E-state index is 13.4. The topological polar surface area (TPSA) is 87.7 Å². The summed E-state index contributed by atoms with van der Waals surface area (Å²) in [6, 6.07) is 16.6. The van der Waals surface area contributed by atoms with Gasteiger partial charge in [0.05, 0.1) is 6.54 Å². The number of amides is 3. The molecule has 2 N–H and O–H groups in total. The highest BCUT2D eigenvalue weighted by molar-refractivity contribution is 6.04. The van der Waals surface area contributed by atoms with Gasteiger partial charge in [-0.25, -0.2) is 13.6 Å². The van der Waals surface area contributed by atoms with Crippen molar-refractivity contribution in [2.45, 2.75) is 39.0 Å². The van der Waals surface area contributed by atoms with E-state index < -0.39 is 35.8 Å². The average molecular weight is 522 g/mol. The molecule has 1 saturated heterocycles. The number of hydrogen-bond acceptors (Lipinski definition) is 4. The van der Waals surface area contributed by atoms with Crippen LogP contribution < -0.4 is 10.6 Å². The van der Waals surface area contributed by atoms with Crippen LogP contribution in [0.3, 0.4) is 0 Å². The van der Waals surface area contributed by atoms with Crippen LogP contribution in [-0.2, 0) is 16.1 Å². The molecule has 3 aromatic rings. The van der Waals surface area contributed by atoms with Gasteiger partial charge in [-0.1, -0.05) is 38.1 Å². The van der Waals surface area contributed by atoms with Gasteiger partial charge in [0.2, 0.25) is 5.91 Å². The Balaban J connectivity index is 1.53. The Kier molecular flexibility index (Phi) is 8.35. The van der Waals surface area contributed by atoms with Crippen LogP contribution in [0.1, 0.15) is 47.9 Å². The third-order valence-electron chi connectivity index (χ3n) is 6.24. The van der Waals surface area contributed by atoms with Crippen molar-refractivity contribution in [1.82, 2.24) is 10.2 Å². The molecule has 1 heterocycles. The van der Waals surface area contributed by atoms with Crippen molar-refractivity contribution < 1.29 is 27.9 Å². The van der Waals surface area contributed by atoms with Crippen LogP contribution in [0.2, 0.25) is 0 Å². The molecule has 2 atom stereocenters. The number of benzene rings is 3. The SMILES string of the molecule is CC(C)CCNC(=O)[C@@H]1[C@@H](c2ccc(NC(=O)c3ccc(F)cc3)cc2)OC(=O)N1Cc1ccc(F)cc1. The normalized spacial score (nSPS) is 16.9. The second kappa shape index (κ2) is 11.9. The molecule has 0 aliphatic carbocycles. The fourth-order valence-corrected chi connectivity index (χ4v) is 4.15. The highest BCUT2D eigenvalue weighted by Crippen LogP contribution is 2.34. The highest BCUT2D eigenvalue weighted by Gasteiger charge is 2.46. The van der Waals surface area contributed by atoms with Gasteiger partial charge in [0.25, 0.3) is 5.91 Å². The first-order valence-electron chi connectivity index (χ1n) is 12.4. The van der Waals surface area contributed by atoms with Crippen molar-refractivity contribution in [3.8, 4) is 0 Å². The lowest BCUT2D eigenvalue weighted by molar-refractivity contribution is -0.126. The van der Waals surface area contributed by atoms with Gasteiger partial charge in [-0.2, -0.15) is 0 Å². The van der Waals surface area contributed by atoms with Crippen LogP contribution in [0.5, 0.6) is 0 Å². The standard InChI is InChI=1S/C29H29F2N3O4/c1-18(2)15-16-32-28(36)25-26(38-29(37)34(25)17-19-3-9-22(30)10-4-19)20-7-13-24(14-8-20)33-27(35)21-5-11-23(31)12-6-21/h3-14,18,25-26H,15-17H2,1-2H3,(H,32,36)(H,33,35)/t25-,26+/m0/s1. The van der Waals surface area contributed by atoms with Crippen LogP contribution in [-0.4, -0.2) is 35.4 Å². The van der Waals surface area contributed by atoms with Crippen molar-refractivity contribution in [3.05, 3.63) is 101 Å². The third-order valence-corrected chi connectivity index (χ3v) is 6.24. The maximum Gasteiger partial charge on any atom is 0.411 e. The van der Waals surface area contributed by atoms with Gasteiger partial charge in [-0.3, -0.25) is 14.5 Å². The predicted molar refractivity (Wildman–Crippen MR) is 138 cm³/mol. The van der Waals surface area contributed by atoms with Crippen LogP contribution >= 0.6 is 0 Å². The van der Waals surface area contributed by atoms with Gasteiger partial charge >= 0.3 is 6.09 Å². The molecule has 3 amide bonds. The van der Waals surface area contributed by atoms with E-state index in [4.69, 9.17) is 4.74 Å². The molecule has 0 aromatic heterocycles. The number of halogens is 2. The predicted octanol–water partition coefficient (Wildman–Crippen LogP) is 5.44. The highest BCUT2D eigenvalue weighted by atomic mass is 19.1. The molecule has 1 aliphatic heterocycles. The lowest BCUT2D eigenvalue weighted by Crippen LogP contribution is -2.46. The fraction of sp³-hybridized carbons (Fsp3) is 0.276. The van der Waals surface area contributed by atoms with Crippen LogP contribution in [0.4, 0.5) is 19.3 Å². The Hall–Kier alpha value is -4.27. The Morgan fingerprint density at radius 1 is 0.921 bits per heavy atom.